The number of rotatable bonds is 8. The minimum absolute atomic E-state index is 0.0195. The molecule has 1 aliphatic carbocycles. The molecule has 7 heteroatoms. The molecule has 0 spiro atoms. The van der Waals surface area contributed by atoms with E-state index in [0.717, 1.165) is 12.8 Å². The summed E-state index contributed by atoms with van der Waals surface area (Å²) in [4.78, 5) is 34.4. The maximum atomic E-state index is 11.6. The van der Waals surface area contributed by atoms with E-state index in [9.17, 15) is 19.5 Å². The monoisotopic (exact) mass is 286 g/mol. The summed E-state index contributed by atoms with van der Waals surface area (Å²) in [6.07, 6.45) is 0.315. The van der Waals surface area contributed by atoms with Crippen LogP contribution in [0, 0.1) is 5.41 Å². The van der Waals surface area contributed by atoms with Crippen LogP contribution in [-0.2, 0) is 14.4 Å². The molecule has 0 aliphatic heterocycles. The summed E-state index contributed by atoms with van der Waals surface area (Å²) in [5, 5.41) is 23.7. The average Bonchev–Trinajstić information content (AvgIpc) is 3.21. The van der Waals surface area contributed by atoms with E-state index in [2.05, 4.69) is 10.6 Å². The van der Waals surface area contributed by atoms with Gasteiger partial charge in [0.15, 0.2) is 0 Å². The summed E-state index contributed by atoms with van der Waals surface area (Å²) in [6, 6.07) is 0.119. The zero-order valence-electron chi connectivity index (χ0n) is 11.8. The van der Waals surface area contributed by atoms with Gasteiger partial charge in [-0.15, -0.1) is 0 Å². The fourth-order valence-electron chi connectivity index (χ4n) is 1.44. The molecule has 0 aromatic rings. The van der Waals surface area contributed by atoms with Crippen LogP contribution in [0.5, 0.6) is 0 Å². The highest BCUT2D eigenvalue weighted by atomic mass is 16.3. The van der Waals surface area contributed by atoms with Gasteiger partial charge in [-0.25, -0.2) is 0 Å². The van der Waals surface area contributed by atoms with Gasteiger partial charge in [0.2, 0.25) is 11.7 Å². The van der Waals surface area contributed by atoms with Gasteiger partial charge in [0, 0.05) is 24.4 Å². The number of aliphatic hydroxyl groups is 2. The van der Waals surface area contributed by atoms with Crippen molar-refractivity contribution in [2.24, 2.45) is 5.41 Å². The molecule has 4 N–H and O–H groups in total. The van der Waals surface area contributed by atoms with Gasteiger partial charge < -0.3 is 20.8 Å². The lowest BCUT2D eigenvalue weighted by molar-refractivity contribution is -0.139. The lowest BCUT2D eigenvalue weighted by Gasteiger charge is -2.27. The van der Waals surface area contributed by atoms with Crippen LogP contribution in [-0.4, -0.2) is 53.1 Å². The van der Waals surface area contributed by atoms with Crippen LogP contribution in [0.3, 0.4) is 0 Å². The maximum Gasteiger partial charge on any atom is 0.287 e. The van der Waals surface area contributed by atoms with Crippen LogP contribution in [0.15, 0.2) is 0 Å². The SMILES string of the molecule is CC(C)(CO)C(O)C(=O)NCCC(=O)C(=O)NC1CC1. The van der Waals surface area contributed by atoms with Gasteiger partial charge in [0.05, 0.1) is 6.61 Å². The molecule has 0 saturated heterocycles. The summed E-state index contributed by atoms with van der Waals surface area (Å²) < 4.78 is 0. The second kappa shape index (κ2) is 6.81. The molecule has 0 aromatic carbocycles. The number of hydrogen-bond acceptors (Lipinski definition) is 5. The van der Waals surface area contributed by atoms with Gasteiger partial charge in [-0.2, -0.15) is 0 Å². The lowest BCUT2D eigenvalue weighted by atomic mass is 9.87. The summed E-state index contributed by atoms with van der Waals surface area (Å²) in [6.45, 7) is 2.73. The van der Waals surface area contributed by atoms with Crippen LogP contribution in [0.25, 0.3) is 0 Å². The number of nitrogens with one attached hydrogen (secondary N) is 2. The molecule has 1 aliphatic rings. The molecule has 20 heavy (non-hydrogen) atoms. The number of hydrogen-bond donors (Lipinski definition) is 4. The Morgan fingerprint density at radius 3 is 2.40 bits per heavy atom. The Labute approximate surface area is 117 Å². The molecule has 114 valence electrons. The first-order valence-corrected chi connectivity index (χ1v) is 6.68. The molecule has 1 saturated carbocycles. The van der Waals surface area contributed by atoms with Gasteiger partial charge in [-0.1, -0.05) is 13.8 Å². The molecule has 0 bridgehead atoms. The van der Waals surface area contributed by atoms with Gasteiger partial charge >= 0.3 is 0 Å². The zero-order chi connectivity index (χ0) is 15.3. The fourth-order valence-corrected chi connectivity index (χ4v) is 1.44. The average molecular weight is 286 g/mol. The van der Waals surface area contributed by atoms with E-state index in [-0.39, 0.29) is 25.6 Å². The van der Waals surface area contributed by atoms with E-state index in [1.54, 1.807) is 13.8 Å². The van der Waals surface area contributed by atoms with Gasteiger partial charge in [0.1, 0.15) is 6.10 Å². The molecule has 1 unspecified atom stereocenters. The van der Waals surface area contributed by atoms with Gasteiger partial charge in [-0.05, 0) is 12.8 Å². The van der Waals surface area contributed by atoms with E-state index < -0.39 is 29.1 Å². The molecular weight excluding hydrogens is 264 g/mol. The third-order valence-electron chi connectivity index (χ3n) is 3.21. The Bertz CT molecular complexity index is 390. The normalized spacial score (nSPS) is 16.4. The fraction of sp³-hybridized carbons (Fsp3) is 0.769. The van der Waals surface area contributed by atoms with Crippen LogP contribution in [0.2, 0.25) is 0 Å². The summed E-state index contributed by atoms with van der Waals surface area (Å²) in [7, 11) is 0. The van der Waals surface area contributed by atoms with Crippen molar-refractivity contribution in [3.8, 4) is 0 Å². The van der Waals surface area contributed by atoms with Crippen LogP contribution in [0.1, 0.15) is 33.1 Å². The van der Waals surface area contributed by atoms with E-state index in [1.165, 1.54) is 0 Å². The second-order valence-electron chi connectivity index (χ2n) is 5.76. The molecular formula is C13H22N2O5. The molecule has 1 atom stereocenters. The number of ketones is 1. The first-order valence-electron chi connectivity index (χ1n) is 6.68. The topological polar surface area (TPSA) is 116 Å². The first-order chi connectivity index (χ1) is 9.27. The highest BCUT2D eigenvalue weighted by molar-refractivity contribution is 6.36. The minimum Gasteiger partial charge on any atom is -0.396 e. The Morgan fingerprint density at radius 1 is 1.30 bits per heavy atom. The molecule has 1 fully saturated rings. The van der Waals surface area contributed by atoms with Crippen molar-refractivity contribution in [3.63, 3.8) is 0 Å². The van der Waals surface area contributed by atoms with Crippen molar-refractivity contribution in [3.05, 3.63) is 0 Å². The maximum absolute atomic E-state index is 11.6. The quantitative estimate of drug-likeness (QED) is 0.415. The molecule has 1 rings (SSSR count). The Morgan fingerprint density at radius 2 is 1.90 bits per heavy atom. The molecule has 0 heterocycles. The van der Waals surface area contributed by atoms with Crippen LogP contribution >= 0.6 is 0 Å². The Kier molecular flexibility index (Phi) is 5.64. The van der Waals surface area contributed by atoms with Crippen molar-refractivity contribution >= 4 is 17.6 Å². The number of Topliss-reactive ketones (excluding diaryl/α,β-unsaturated/α-hetero) is 1. The smallest absolute Gasteiger partial charge is 0.287 e. The van der Waals surface area contributed by atoms with Gasteiger partial charge in [-0.3, -0.25) is 14.4 Å². The number of amides is 2. The summed E-state index contributed by atoms with van der Waals surface area (Å²) >= 11 is 0. The molecule has 0 aromatic heterocycles. The van der Waals surface area contributed by atoms with E-state index in [0.29, 0.717) is 0 Å². The Hall–Kier alpha value is -1.47. The lowest BCUT2D eigenvalue weighted by Crippen LogP contribution is -2.46. The van der Waals surface area contributed by atoms with Crippen LogP contribution < -0.4 is 10.6 Å². The first kappa shape index (κ1) is 16.6. The third kappa shape index (κ3) is 4.90. The summed E-state index contributed by atoms with van der Waals surface area (Å²) in [5.41, 5.74) is -0.961. The van der Waals surface area contributed by atoms with E-state index in [4.69, 9.17) is 5.11 Å². The molecule has 7 nitrogen and oxygen atoms in total. The van der Waals surface area contributed by atoms with Crippen molar-refractivity contribution in [2.45, 2.75) is 45.3 Å². The predicted molar refractivity (Wildman–Crippen MR) is 70.7 cm³/mol. The summed E-state index contributed by atoms with van der Waals surface area (Å²) in [5.74, 6) is -1.88. The second-order valence-corrected chi connectivity index (χ2v) is 5.76. The Balaban J connectivity index is 2.27. The van der Waals surface area contributed by atoms with Crippen molar-refractivity contribution in [1.82, 2.24) is 10.6 Å². The highest BCUT2D eigenvalue weighted by Gasteiger charge is 2.33. The van der Waals surface area contributed by atoms with E-state index in [1.807, 2.05) is 0 Å². The zero-order valence-corrected chi connectivity index (χ0v) is 11.8. The standard InChI is InChI=1S/C13H22N2O5/c1-13(2,7-16)10(18)12(20)14-6-5-9(17)11(19)15-8-3-4-8/h8,10,16,18H,3-7H2,1-2H3,(H,14,20)(H,15,19). The number of carbonyl (C=O) groups excluding carboxylic acids is 3. The van der Waals surface area contributed by atoms with Crippen LogP contribution in [0.4, 0.5) is 0 Å². The predicted octanol–water partition coefficient (Wildman–Crippen LogP) is -1.28. The number of aliphatic hydroxyl groups excluding tert-OH is 2. The van der Waals surface area contributed by atoms with E-state index >= 15 is 0 Å². The molecule has 0 radical (unpaired) electrons. The highest BCUT2D eigenvalue weighted by Crippen LogP contribution is 2.19. The minimum atomic E-state index is -1.37. The van der Waals surface area contributed by atoms with Crippen molar-refractivity contribution in [2.75, 3.05) is 13.2 Å². The third-order valence-corrected chi connectivity index (χ3v) is 3.21. The van der Waals surface area contributed by atoms with Gasteiger partial charge in [0.25, 0.3) is 5.91 Å². The van der Waals surface area contributed by atoms with Crippen molar-refractivity contribution < 1.29 is 24.6 Å². The largest absolute Gasteiger partial charge is 0.396 e. The number of carbonyl (C=O) groups is 3. The van der Waals surface area contributed by atoms with Crippen molar-refractivity contribution in [1.29, 1.82) is 0 Å². The molecule has 2 amide bonds.